The molecule has 0 aliphatic carbocycles. The monoisotopic (exact) mass is 343 g/mol. The molecule has 0 spiro atoms. The average molecular weight is 343 g/mol. The summed E-state index contributed by atoms with van der Waals surface area (Å²) in [5.41, 5.74) is 2.22. The molecule has 0 aliphatic rings. The lowest BCUT2D eigenvalue weighted by Crippen LogP contribution is -2.32. The predicted octanol–water partition coefficient (Wildman–Crippen LogP) is 4.44. The van der Waals surface area contributed by atoms with Crippen LogP contribution in [0.3, 0.4) is 0 Å². The molecule has 2 rings (SSSR count). The van der Waals surface area contributed by atoms with Crippen molar-refractivity contribution >= 4 is 5.91 Å². The van der Waals surface area contributed by atoms with E-state index in [1.807, 2.05) is 17.0 Å². The fourth-order valence-corrected chi connectivity index (χ4v) is 2.76. The van der Waals surface area contributed by atoms with Crippen LogP contribution in [-0.2, 0) is 11.2 Å². The first kappa shape index (κ1) is 19.2. The van der Waals surface area contributed by atoms with E-state index in [-0.39, 0.29) is 5.91 Å². The lowest BCUT2D eigenvalue weighted by molar-refractivity contribution is -0.131. The van der Waals surface area contributed by atoms with Gasteiger partial charge in [-0.25, -0.2) is 0 Å². The fraction of sp³-hybridized carbons (Fsp3) is 0.550. The minimum atomic E-state index is 0.157. The molecule has 1 heterocycles. The van der Waals surface area contributed by atoms with Crippen molar-refractivity contribution in [2.45, 2.75) is 59.3 Å². The Hall–Kier alpha value is -2.17. The number of benzene rings is 1. The van der Waals surface area contributed by atoms with Gasteiger partial charge in [-0.2, -0.15) is 4.98 Å². The summed E-state index contributed by atoms with van der Waals surface area (Å²) >= 11 is 0. The van der Waals surface area contributed by atoms with Gasteiger partial charge in [-0.3, -0.25) is 4.79 Å². The first-order valence-corrected chi connectivity index (χ1v) is 9.25. The third kappa shape index (κ3) is 5.41. The molecule has 2 aromatic rings. The number of aryl methyl sites for hydroxylation is 1. The van der Waals surface area contributed by atoms with Gasteiger partial charge in [0.2, 0.25) is 17.6 Å². The van der Waals surface area contributed by atoms with E-state index < -0.39 is 0 Å². The van der Waals surface area contributed by atoms with E-state index in [2.05, 4.69) is 50.0 Å². The highest BCUT2D eigenvalue weighted by molar-refractivity contribution is 5.76. The summed E-state index contributed by atoms with van der Waals surface area (Å²) in [4.78, 5) is 18.7. The molecule has 0 fully saturated rings. The molecular formula is C20H29N3O2. The van der Waals surface area contributed by atoms with Gasteiger partial charge in [-0.05, 0) is 24.3 Å². The van der Waals surface area contributed by atoms with Crippen molar-refractivity contribution in [3.05, 3.63) is 35.7 Å². The Morgan fingerprint density at radius 1 is 1.12 bits per heavy atom. The topological polar surface area (TPSA) is 59.2 Å². The van der Waals surface area contributed by atoms with Gasteiger partial charge in [-0.15, -0.1) is 0 Å². The first-order valence-electron chi connectivity index (χ1n) is 9.25. The molecule has 1 amide bonds. The van der Waals surface area contributed by atoms with Gasteiger partial charge in [0.15, 0.2) is 0 Å². The SMILES string of the molecule is CCCN(CCC)C(=O)CCc1nc(-c2ccc(C(C)C)cc2)no1. The third-order valence-electron chi connectivity index (χ3n) is 4.20. The molecule has 0 atom stereocenters. The summed E-state index contributed by atoms with van der Waals surface area (Å²) in [6.07, 6.45) is 2.85. The number of rotatable bonds is 9. The molecule has 0 unspecified atom stereocenters. The van der Waals surface area contributed by atoms with Crippen molar-refractivity contribution in [3.8, 4) is 11.4 Å². The maximum atomic E-state index is 12.3. The summed E-state index contributed by atoms with van der Waals surface area (Å²) < 4.78 is 5.31. The minimum Gasteiger partial charge on any atom is -0.343 e. The molecular weight excluding hydrogens is 314 g/mol. The number of carbonyl (C=O) groups excluding carboxylic acids is 1. The molecule has 5 heteroatoms. The molecule has 1 aromatic heterocycles. The van der Waals surface area contributed by atoms with E-state index in [0.29, 0.717) is 30.5 Å². The summed E-state index contributed by atoms with van der Waals surface area (Å²) in [6, 6.07) is 8.21. The number of hydrogen-bond donors (Lipinski definition) is 0. The van der Waals surface area contributed by atoms with Crippen molar-refractivity contribution in [1.82, 2.24) is 15.0 Å². The van der Waals surface area contributed by atoms with Gasteiger partial charge in [-0.1, -0.05) is 57.1 Å². The Kier molecular flexibility index (Phi) is 7.16. The third-order valence-corrected chi connectivity index (χ3v) is 4.20. The molecule has 0 bridgehead atoms. The van der Waals surface area contributed by atoms with Crippen LogP contribution in [-0.4, -0.2) is 34.0 Å². The van der Waals surface area contributed by atoms with Crippen LogP contribution in [0.5, 0.6) is 0 Å². The molecule has 25 heavy (non-hydrogen) atoms. The van der Waals surface area contributed by atoms with Gasteiger partial charge < -0.3 is 9.42 Å². The Morgan fingerprint density at radius 2 is 1.76 bits per heavy atom. The minimum absolute atomic E-state index is 0.157. The lowest BCUT2D eigenvalue weighted by atomic mass is 10.0. The molecule has 0 radical (unpaired) electrons. The van der Waals surface area contributed by atoms with Gasteiger partial charge >= 0.3 is 0 Å². The van der Waals surface area contributed by atoms with Crippen molar-refractivity contribution in [3.63, 3.8) is 0 Å². The predicted molar refractivity (Wildman–Crippen MR) is 99.3 cm³/mol. The quantitative estimate of drug-likeness (QED) is 0.675. The molecule has 0 saturated carbocycles. The number of carbonyl (C=O) groups is 1. The van der Waals surface area contributed by atoms with Gasteiger partial charge in [0.05, 0.1) is 0 Å². The van der Waals surface area contributed by atoms with E-state index in [1.54, 1.807) is 0 Å². The van der Waals surface area contributed by atoms with Crippen LogP contribution in [0.2, 0.25) is 0 Å². The highest BCUT2D eigenvalue weighted by Crippen LogP contribution is 2.20. The van der Waals surface area contributed by atoms with Crippen LogP contribution in [0.25, 0.3) is 11.4 Å². The number of aromatic nitrogens is 2. The zero-order valence-electron chi connectivity index (χ0n) is 15.8. The Bertz CT molecular complexity index is 656. The van der Waals surface area contributed by atoms with E-state index in [1.165, 1.54) is 5.56 Å². The maximum absolute atomic E-state index is 12.3. The highest BCUT2D eigenvalue weighted by atomic mass is 16.5. The van der Waals surface area contributed by atoms with Crippen molar-refractivity contribution < 1.29 is 9.32 Å². The van der Waals surface area contributed by atoms with E-state index in [4.69, 9.17) is 4.52 Å². The van der Waals surface area contributed by atoms with Gasteiger partial charge in [0.1, 0.15) is 0 Å². The normalized spacial score (nSPS) is 11.1. The van der Waals surface area contributed by atoms with Crippen LogP contribution in [0, 0.1) is 0 Å². The largest absolute Gasteiger partial charge is 0.343 e. The second-order valence-electron chi connectivity index (χ2n) is 6.67. The highest BCUT2D eigenvalue weighted by Gasteiger charge is 2.15. The molecule has 0 N–H and O–H groups in total. The van der Waals surface area contributed by atoms with Crippen LogP contribution >= 0.6 is 0 Å². The number of amides is 1. The lowest BCUT2D eigenvalue weighted by Gasteiger charge is -2.20. The fourth-order valence-electron chi connectivity index (χ4n) is 2.76. The van der Waals surface area contributed by atoms with Crippen LogP contribution in [0.4, 0.5) is 0 Å². The van der Waals surface area contributed by atoms with Crippen LogP contribution in [0.1, 0.15) is 64.3 Å². The summed E-state index contributed by atoms with van der Waals surface area (Å²) in [5, 5.41) is 4.05. The van der Waals surface area contributed by atoms with Crippen LogP contribution < -0.4 is 0 Å². The Morgan fingerprint density at radius 3 is 2.32 bits per heavy atom. The zero-order chi connectivity index (χ0) is 18.2. The summed E-state index contributed by atoms with van der Waals surface area (Å²) in [6.45, 7) is 10.1. The molecule has 0 aliphatic heterocycles. The molecule has 5 nitrogen and oxygen atoms in total. The summed E-state index contributed by atoms with van der Waals surface area (Å²) in [5.74, 6) is 1.75. The van der Waals surface area contributed by atoms with E-state index in [9.17, 15) is 4.79 Å². The standard InChI is InChI=1S/C20H29N3O2/c1-5-13-23(14-6-2)19(24)12-11-18-21-20(22-25-18)17-9-7-16(8-10-17)15(3)4/h7-10,15H,5-6,11-14H2,1-4H3. The average Bonchev–Trinajstić information content (AvgIpc) is 3.08. The Labute approximate surface area is 150 Å². The molecule has 1 aromatic carbocycles. The maximum Gasteiger partial charge on any atom is 0.227 e. The summed E-state index contributed by atoms with van der Waals surface area (Å²) in [7, 11) is 0. The second kappa shape index (κ2) is 9.35. The molecule has 0 saturated heterocycles. The van der Waals surface area contributed by atoms with Gasteiger partial charge in [0, 0.05) is 31.5 Å². The number of nitrogens with zero attached hydrogens (tertiary/aromatic N) is 3. The van der Waals surface area contributed by atoms with Crippen molar-refractivity contribution in [2.75, 3.05) is 13.1 Å². The Balaban J connectivity index is 1.95. The molecule has 136 valence electrons. The smallest absolute Gasteiger partial charge is 0.227 e. The second-order valence-corrected chi connectivity index (χ2v) is 6.67. The van der Waals surface area contributed by atoms with Crippen molar-refractivity contribution in [2.24, 2.45) is 0 Å². The van der Waals surface area contributed by atoms with E-state index in [0.717, 1.165) is 31.5 Å². The van der Waals surface area contributed by atoms with Crippen molar-refractivity contribution in [1.29, 1.82) is 0 Å². The first-order chi connectivity index (χ1) is 12.0. The van der Waals surface area contributed by atoms with Crippen LogP contribution in [0.15, 0.2) is 28.8 Å². The van der Waals surface area contributed by atoms with Gasteiger partial charge in [0.25, 0.3) is 0 Å². The zero-order valence-corrected chi connectivity index (χ0v) is 15.8. The van der Waals surface area contributed by atoms with E-state index >= 15 is 0 Å². The number of hydrogen-bond acceptors (Lipinski definition) is 4.